The van der Waals surface area contributed by atoms with Crippen LogP contribution < -0.4 is 5.73 Å². The molecule has 0 aliphatic heterocycles. The minimum atomic E-state index is -0.476. The minimum absolute atomic E-state index is 0.476. The number of hydrogen-bond donors (Lipinski definition) is 2. The van der Waals surface area contributed by atoms with E-state index in [1.54, 1.807) is 18.5 Å². The van der Waals surface area contributed by atoms with Crippen LogP contribution in [0.5, 0.6) is 0 Å². The lowest BCUT2D eigenvalue weighted by Gasteiger charge is -1.95. The smallest absolute Gasteiger partial charge is 0.141 e. The Morgan fingerprint density at radius 3 is 3.00 bits per heavy atom. The molecule has 0 bridgehead atoms. The lowest BCUT2D eigenvalue weighted by Crippen LogP contribution is -2.09. The Hall–Kier alpha value is -1.09. The predicted octanol–water partition coefficient (Wildman–Crippen LogP) is 0.213. The van der Waals surface area contributed by atoms with Crippen molar-refractivity contribution < 1.29 is 4.79 Å². The second kappa shape index (κ2) is 2.46. The van der Waals surface area contributed by atoms with Gasteiger partial charge in [0.25, 0.3) is 0 Å². The molecule has 1 unspecified atom stereocenters. The third-order valence-corrected chi connectivity index (χ3v) is 1.15. The Kier molecular flexibility index (Phi) is 1.65. The topological polar surface area (TPSA) is 58.9 Å². The average molecular weight is 124 g/mol. The summed E-state index contributed by atoms with van der Waals surface area (Å²) >= 11 is 0. The van der Waals surface area contributed by atoms with Gasteiger partial charge in [-0.15, -0.1) is 0 Å². The lowest BCUT2D eigenvalue weighted by molar-refractivity contribution is -0.109. The van der Waals surface area contributed by atoms with Gasteiger partial charge in [-0.25, -0.2) is 0 Å². The highest BCUT2D eigenvalue weighted by atomic mass is 16.1. The summed E-state index contributed by atoms with van der Waals surface area (Å²) in [5.74, 6) is 0. The maximum atomic E-state index is 10.1. The first kappa shape index (κ1) is 6.04. The van der Waals surface area contributed by atoms with Gasteiger partial charge in [0.15, 0.2) is 0 Å². The van der Waals surface area contributed by atoms with E-state index in [4.69, 9.17) is 5.73 Å². The van der Waals surface area contributed by atoms with E-state index < -0.39 is 6.04 Å². The molecule has 1 atom stereocenters. The largest absolute Gasteiger partial charge is 0.367 e. The molecule has 1 rings (SSSR count). The SMILES string of the molecule is NC(C=O)c1cc[nH]c1. The highest BCUT2D eigenvalue weighted by Crippen LogP contribution is 2.03. The quantitative estimate of drug-likeness (QED) is 0.554. The standard InChI is InChI=1S/C6H8N2O/c7-6(4-9)5-1-2-8-3-5/h1-4,6,8H,7H2. The van der Waals surface area contributed by atoms with Crippen molar-refractivity contribution in [1.29, 1.82) is 0 Å². The Morgan fingerprint density at radius 1 is 1.78 bits per heavy atom. The van der Waals surface area contributed by atoms with Crippen LogP contribution in [0.2, 0.25) is 0 Å². The number of carbonyl (C=O) groups is 1. The summed E-state index contributed by atoms with van der Waals surface area (Å²) in [6, 6.07) is 1.30. The van der Waals surface area contributed by atoms with Crippen molar-refractivity contribution in [2.75, 3.05) is 0 Å². The van der Waals surface area contributed by atoms with E-state index in [0.29, 0.717) is 6.29 Å². The summed E-state index contributed by atoms with van der Waals surface area (Å²) in [4.78, 5) is 12.9. The lowest BCUT2D eigenvalue weighted by atomic mass is 10.2. The molecule has 0 aliphatic rings. The van der Waals surface area contributed by atoms with Crippen LogP contribution in [0.4, 0.5) is 0 Å². The van der Waals surface area contributed by atoms with E-state index >= 15 is 0 Å². The highest BCUT2D eigenvalue weighted by Gasteiger charge is 2.01. The van der Waals surface area contributed by atoms with Crippen molar-refractivity contribution in [1.82, 2.24) is 4.98 Å². The van der Waals surface area contributed by atoms with Crippen LogP contribution in [0.25, 0.3) is 0 Å². The summed E-state index contributed by atoms with van der Waals surface area (Å²) < 4.78 is 0. The molecular formula is C6H8N2O. The fraction of sp³-hybridized carbons (Fsp3) is 0.167. The van der Waals surface area contributed by atoms with E-state index in [2.05, 4.69) is 4.98 Å². The van der Waals surface area contributed by atoms with Gasteiger partial charge < -0.3 is 15.5 Å². The van der Waals surface area contributed by atoms with Crippen molar-refractivity contribution in [3.8, 4) is 0 Å². The highest BCUT2D eigenvalue weighted by molar-refractivity contribution is 5.60. The van der Waals surface area contributed by atoms with E-state index in [1.807, 2.05) is 0 Å². The molecule has 0 aromatic carbocycles. The zero-order valence-corrected chi connectivity index (χ0v) is 4.87. The molecule has 0 saturated heterocycles. The zero-order chi connectivity index (χ0) is 6.69. The van der Waals surface area contributed by atoms with Gasteiger partial charge in [-0.3, -0.25) is 0 Å². The zero-order valence-electron chi connectivity index (χ0n) is 4.87. The molecule has 0 spiro atoms. The first-order valence-electron chi connectivity index (χ1n) is 2.68. The molecule has 0 amide bonds. The van der Waals surface area contributed by atoms with Crippen molar-refractivity contribution in [3.05, 3.63) is 24.0 Å². The number of nitrogens with one attached hydrogen (secondary N) is 1. The normalized spacial score (nSPS) is 13.0. The van der Waals surface area contributed by atoms with E-state index in [-0.39, 0.29) is 0 Å². The summed E-state index contributed by atoms with van der Waals surface area (Å²) in [5.41, 5.74) is 6.17. The van der Waals surface area contributed by atoms with Gasteiger partial charge in [-0.2, -0.15) is 0 Å². The Labute approximate surface area is 52.9 Å². The summed E-state index contributed by atoms with van der Waals surface area (Å²) in [7, 11) is 0. The number of carbonyl (C=O) groups excluding carboxylic acids is 1. The van der Waals surface area contributed by atoms with Gasteiger partial charge in [0, 0.05) is 12.4 Å². The molecule has 3 N–H and O–H groups in total. The molecule has 3 nitrogen and oxygen atoms in total. The number of hydrogen-bond acceptors (Lipinski definition) is 2. The summed E-state index contributed by atoms with van der Waals surface area (Å²) in [6.45, 7) is 0. The van der Waals surface area contributed by atoms with Crippen LogP contribution in [-0.4, -0.2) is 11.3 Å². The number of aldehydes is 1. The Morgan fingerprint density at radius 2 is 2.56 bits per heavy atom. The predicted molar refractivity (Wildman–Crippen MR) is 33.8 cm³/mol. The molecule has 3 heteroatoms. The molecule has 0 radical (unpaired) electrons. The molecule has 0 aliphatic carbocycles. The van der Waals surface area contributed by atoms with Crippen molar-refractivity contribution >= 4 is 6.29 Å². The molecular weight excluding hydrogens is 116 g/mol. The first-order valence-corrected chi connectivity index (χ1v) is 2.68. The van der Waals surface area contributed by atoms with Crippen molar-refractivity contribution in [2.45, 2.75) is 6.04 Å². The molecule has 1 heterocycles. The summed E-state index contributed by atoms with van der Waals surface area (Å²) in [6.07, 6.45) is 4.15. The first-order chi connectivity index (χ1) is 4.34. The molecule has 1 aromatic rings. The monoisotopic (exact) mass is 124 g/mol. The van der Waals surface area contributed by atoms with Gasteiger partial charge in [-0.1, -0.05) is 0 Å². The van der Waals surface area contributed by atoms with Crippen molar-refractivity contribution in [3.63, 3.8) is 0 Å². The van der Waals surface area contributed by atoms with Gasteiger partial charge in [-0.05, 0) is 11.6 Å². The molecule has 48 valence electrons. The fourth-order valence-electron chi connectivity index (χ4n) is 0.623. The Bertz CT molecular complexity index is 181. The van der Waals surface area contributed by atoms with Crippen LogP contribution in [0.1, 0.15) is 11.6 Å². The number of H-pyrrole nitrogens is 1. The molecule has 1 aromatic heterocycles. The van der Waals surface area contributed by atoms with E-state index in [0.717, 1.165) is 5.56 Å². The number of rotatable bonds is 2. The minimum Gasteiger partial charge on any atom is -0.367 e. The number of nitrogens with two attached hydrogens (primary N) is 1. The second-order valence-corrected chi connectivity index (χ2v) is 1.81. The van der Waals surface area contributed by atoms with E-state index in [1.165, 1.54) is 0 Å². The fourth-order valence-corrected chi connectivity index (χ4v) is 0.623. The van der Waals surface area contributed by atoms with Crippen LogP contribution in [0.3, 0.4) is 0 Å². The maximum absolute atomic E-state index is 10.1. The van der Waals surface area contributed by atoms with Crippen LogP contribution in [-0.2, 0) is 4.79 Å². The number of aromatic nitrogens is 1. The van der Waals surface area contributed by atoms with Crippen LogP contribution in [0, 0.1) is 0 Å². The summed E-state index contributed by atoms with van der Waals surface area (Å²) in [5, 5.41) is 0. The van der Waals surface area contributed by atoms with Gasteiger partial charge in [0.1, 0.15) is 6.29 Å². The molecule has 0 saturated carbocycles. The van der Waals surface area contributed by atoms with Crippen LogP contribution >= 0.6 is 0 Å². The third kappa shape index (κ3) is 1.17. The molecule has 9 heavy (non-hydrogen) atoms. The van der Waals surface area contributed by atoms with Crippen molar-refractivity contribution in [2.24, 2.45) is 5.73 Å². The van der Waals surface area contributed by atoms with E-state index in [9.17, 15) is 4.79 Å². The number of aromatic amines is 1. The van der Waals surface area contributed by atoms with Gasteiger partial charge in [0.2, 0.25) is 0 Å². The third-order valence-electron chi connectivity index (χ3n) is 1.15. The van der Waals surface area contributed by atoms with Gasteiger partial charge in [0.05, 0.1) is 6.04 Å². The second-order valence-electron chi connectivity index (χ2n) is 1.81. The maximum Gasteiger partial charge on any atom is 0.141 e. The molecule has 0 fully saturated rings. The van der Waals surface area contributed by atoms with Gasteiger partial charge >= 0.3 is 0 Å². The Balaban J connectivity index is 2.76. The average Bonchev–Trinajstić information content (AvgIpc) is 2.37. The van der Waals surface area contributed by atoms with Crippen LogP contribution in [0.15, 0.2) is 18.5 Å².